The number of rotatable bonds is 6. The highest BCUT2D eigenvalue weighted by Gasteiger charge is 2.41. The van der Waals surface area contributed by atoms with E-state index in [1.54, 1.807) is 32.0 Å². The van der Waals surface area contributed by atoms with Crippen molar-refractivity contribution in [3.8, 4) is 5.69 Å². The summed E-state index contributed by atoms with van der Waals surface area (Å²) in [6.07, 6.45) is -2.80. The molecule has 1 unspecified atom stereocenters. The van der Waals surface area contributed by atoms with Crippen LogP contribution in [0.5, 0.6) is 0 Å². The van der Waals surface area contributed by atoms with E-state index in [0.717, 1.165) is 11.1 Å². The van der Waals surface area contributed by atoms with E-state index in [0.29, 0.717) is 29.6 Å². The largest absolute Gasteiger partial charge is 0.466 e. The normalized spacial score (nSPS) is 16.3. The summed E-state index contributed by atoms with van der Waals surface area (Å²) in [5, 5.41) is 3.84. The van der Waals surface area contributed by atoms with Gasteiger partial charge in [-0.3, -0.25) is 14.4 Å². The Hall–Kier alpha value is -3.37. The number of aromatic nitrogens is 2. The van der Waals surface area contributed by atoms with Crippen molar-refractivity contribution in [2.45, 2.75) is 32.9 Å². The summed E-state index contributed by atoms with van der Waals surface area (Å²) >= 11 is 0. The second-order valence-corrected chi connectivity index (χ2v) is 8.20. The maximum atomic E-state index is 14.0. The number of esters is 1. The number of para-hydroxylation sites is 1. The SMILES string of the molecule is CCOC(=O)C1CCCN(C(=O)CN(C)C(=O)c2cnn(-c3ccccc3C)c2C(F)(F)F)C1. The van der Waals surface area contributed by atoms with Crippen LogP contribution in [0.1, 0.15) is 41.4 Å². The summed E-state index contributed by atoms with van der Waals surface area (Å²) < 4.78 is 47.6. The van der Waals surface area contributed by atoms with Crippen LogP contribution in [0, 0.1) is 12.8 Å². The van der Waals surface area contributed by atoms with E-state index in [1.165, 1.54) is 18.0 Å². The number of nitrogens with zero attached hydrogens (tertiary/aromatic N) is 4. The lowest BCUT2D eigenvalue weighted by Gasteiger charge is -2.32. The molecule has 2 heterocycles. The third-order valence-corrected chi connectivity index (χ3v) is 5.72. The Bertz CT molecular complexity index is 1070. The van der Waals surface area contributed by atoms with Crippen molar-refractivity contribution in [2.75, 3.05) is 33.3 Å². The van der Waals surface area contributed by atoms with E-state index >= 15 is 0 Å². The van der Waals surface area contributed by atoms with Crippen molar-refractivity contribution in [3.05, 3.63) is 47.3 Å². The molecule has 1 aromatic heterocycles. The molecule has 0 spiro atoms. The zero-order valence-corrected chi connectivity index (χ0v) is 19.3. The number of likely N-dealkylation sites (N-methyl/N-ethyl adjacent to an activating group) is 1. The highest BCUT2D eigenvalue weighted by Crippen LogP contribution is 2.34. The molecule has 2 aromatic rings. The number of likely N-dealkylation sites (tertiary alicyclic amines) is 1. The Labute approximate surface area is 195 Å². The van der Waals surface area contributed by atoms with E-state index < -0.39 is 41.7 Å². The predicted molar refractivity (Wildman–Crippen MR) is 116 cm³/mol. The number of ether oxygens (including phenoxy) is 1. The zero-order chi connectivity index (χ0) is 25.0. The van der Waals surface area contributed by atoms with E-state index in [-0.39, 0.29) is 24.8 Å². The molecule has 34 heavy (non-hydrogen) atoms. The molecule has 0 radical (unpaired) electrons. The van der Waals surface area contributed by atoms with Gasteiger partial charge in [0.2, 0.25) is 5.91 Å². The van der Waals surface area contributed by atoms with Gasteiger partial charge < -0.3 is 14.5 Å². The molecule has 2 amide bonds. The summed E-state index contributed by atoms with van der Waals surface area (Å²) in [6.45, 7) is 3.69. The summed E-state index contributed by atoms with van der Waals surface area (Å²) in [5.41, 5.74) is -1.09. The lowest BCUT2D eigenvalue weighted by molar-refractivity contribution is -0.151. The van der Waals surface area contributed by atoms with Crippen LogP contribution in [0.25, 0.3) is 5.69 Å². The minimum absolute atomic E-state index is 0.152. The molecule has 8 nitrogen and oxygen atoms in total. The van der Waals surface area contributed by atoms with Gasteiger partial charge in [0.15, 0.2) is 5.69 Å². The first-order chi connectivity index (χ1) is 16.0. The molecule has 1 aromatic carbocycles. The predicted octanol–water partition coefficient (Wildman–Crippen LogP) is 3.07. The standard InChI is InChI=1S/C23H27F3N4O4/c1-4-34-22(33)16-9-7-11-29(13-16)19(31)14-28(3)21(32)17-12-27-30(20(17)23(24,25)26)18-10-6-5-8-15(18)2/h5-6,8,10,12,16H,4,7,9,11,13-14H2,1-3H3. The highest BCUT2D eigenvalue weighted by molar-refractivity contribution is 5.97. The van der Waals surface area contributed by atoms with Crippen LogP contribution >= 0.6 is 0 Å². The van der Waals surface area contributed by atoms with Crippen LogP contribution in [-0.2, 0) is 20.5 Å². The fourth-order valence-electron chi connectivity index (χ4n) is 4.00. The van der Waals surface area contributed by atoms with E-state index in [4.69, 9.17) is 4.74 Å². The summed E-state index contributed by atoms with van der Waals surface area (Å²) in [4.78, 5) is 40.1. The fraction of sp³-hybridized carbons (Fsp3) is 0.478. The minimum atomic E-state index is -4.85. The van der Waals surface area contributed by atoms with Crippen LogP contribution in [-0.4, -0.2) is 70.7 Å². The first-order valence-corrected chi connectivity index (χ1v) is 11.0. The Balaban J connectivity index is 1.79. The fourth-order valence-corrected chi connectivity index (χ4v) is 4.00. The maximum absolute atomic E-state index is 14.0. The molecule has 11 heteroatoms. The maximum Gasteiger partial charge on any atom is 0.434 e. The van der Waals surface area contributed by atoms with E-state index in [9.17, 15) is 27.6 Å². The number of halogens is 3. The molecule has 184 valence electrons. The van der Waals surface area contributed by atoms with Crippen molar-refractivity contribution < 1.29 is 32.3 Å². The molecule has 0 saturated carbocycles. The number of amides is 2. The molecule has 1 aliphatic heterocycles. The number of carbonyl (C=O) groups excluding carboxylic acids is 3. The van der Waals surface area contributed by atoms with Gasteiger partial charge >= 0.3 is 12.1 Å². The zero-order valence-electron chi connectivity index (χ0n) is 19.3. The monoisotopic (exact) mass is 480 g/mol. The van der Waals surface area contributed by atoms with Crippen molar-refractivity contribution in [2.24, 2.45) is 5.92 Å². The number of aryl methyl sites for hydroxylation is 1. The second kappa shape index (κ2) is 10.3. The minimum Gasteiger partial charge on any atom is -0.466 e. The van der Waals surface area contributed by atoms with Gasteiger partial charge in [0.05, 0.1) is 36.5 Å². The molecule has 1 fully saturated rings. The molecular weight excluding hydrogens is 453 g/mol. The lowest BCUT2D eigenvalue weighted by Crippen LogP contribution is -2.47. The highest BCUT2D eigenvalue weighted by atomic mass is 19.4. The summed E-state index contributed by atoms with van der Waals surface area (Å²) in [6, 6.07) is 6.40. The summed E-state index contributed by atoms with van der Waals surface area (Å²) in [5.74, 6) is -2.27. The first kappa shape index (κ1) is 25.3. The van der Waals surface area contributed by atoms with Gasteiger partial charge in [-0.1, -0.05) is 18.2 Å². The average Bonchev–Trinajstić information content (AvgIpc) is 3.24. The van der Waals surface area contributed by atoms with Crippen LogP contribution < -0.4 is 0 Å². The topological polar surface area (TPSA) is 84.7 Å². The molecule has 0 N–H and O–H groups in total. The van der Waals surface area contributed by atoms with Crippen molar-refractivity contribution in [1.82, 2.24) is 19.6 Å². The van der Waals surface area contributed by atoms with Gasteiger partial charge in [0.1, 0.15) is 0 Å². The van der Waals surface area contributed by atoms with E-state index in [2.05, 4.69) is 5.10 Å². The van der Waals surface area contributed by atoms with Crippen LogP contribution in [0.2, 0.25) is 0 Å². The van der Waals surface area contributed by atoms with Crippen LogP contribution in [0.15, 0.2) is 30.5 Å². The molecule has 1 aliphatic rings. The lowest BCUT2D eigenvalue weighted by atomic mass is 9.98. The van der Waals surface area contributed by atoms with Gasteiger partial charge in [0, 0.05) is 20.1 Å². The van der Waals surface area contributed by atoms with Crippen LogP contribution in [0.4, 0.5) is 13.2 Å². The molecule has 0 bridgehead atoms. The second-order valence-electron chi connectivity index (χ2n) is 8.20. The van der Waals surface area contributed by atoms with Gasteiger partial charge in [-0.15, -0.1) is 0 Å². The molecular formula is C23H27F3N4O4. The van der Waals surface area contributed by atoms with Gasteiger partial charge in [-0.05, 0) is 38.3 Å². The third-order valence-electron chi connectivity index (χ3n) is 5.72. The van der Waals surface area contributed by atoms with Gasteiger partial charge in [-0.25, -0.2) is 4.68 Å². The Kier molecular flexibility index (Phi) is 7.63. The molecule has 1 saturated heterocycles. The number of hydrogen-bond acceptors (Lipinski definition) is 5. The first-order valence-electron chi connectivity index (χ1n) is 11.0. The number of benzene rings is 1. The molecule has 3 rings (SSSR count). The third kappa shape index (κ3) is 5.40. The Morgan fingerprint density at radius 3 is 2.59 bits per heavy atom. The smallest absolute Gasteiger partial charge is 0.434 e. The van der Waals surface area contributed by atoms with Gasteiger partial charge in [0.25, 0.3) is 5.91 Å². The van der Waals surface area contributed by atoms with Crippen molar-refractivity contribution >= 4 is 17.8 Å². The quantitative estimate of drug-likeness (QED) is 0.594. The number of alkyl halides is 3. The van der Waals surface area contributed by atoms with E-state index in [1.807, 2.05) is 0 Å². The van der Waals surface area contributed by atoms with Crippen molar-refractivity contribution in [1.29, 1.82) is 0 Å². The number of piperidine rings is 1. The van der Waals surface area contributed by atoms with Crippen molar-refractivity contribution in [3.63, 3.8) is 0 Å². The number of carbonyl (C=O) groups is 3. The Morgan fingerprint density at radius 2 is 1.94 bits per heavy atom. The summed E-state index contributed by atoms with van der Waals surface area (Å²) in [7, 11) is 1.26. The molecule has 1 atom stereocenters. The number of hydrogen-bond donors (Lipinski definition) is 0. The molecule has 0 aliphatic carbocycles. The average molecular weight is 480 g/mol. The van der Waals surface area contributed by atoms with Gasteiger partial charge in [-0.2, -0.15) is 18.3 Å². The Morgan fingerprint density at radius 1 is 1.24 bits per heavy atom. The van der Waals surface area contributed by atoms with Crippen LogP contribution in [0.3, 0.4) is 0 Å².